The summed E-state index contributed by atoms with van der Waals surface area (Å²) in [5.74, 6) is 1.69. The summed E-state index contributed by atoms with van der Waals surface area (Å²) >= 11 is 0. The van der Waals surface area contributed by atoms with Crippen molar-refractivity contribution in [2.75, 3.05) is 20.2 Å². The number of methoxy groups -OCH3 is 1. The summed E-state index contributed by atoms with van der Waals surface area (Å²) in [5.41, 5.74) is 2.10. The van der Waals surface area contributed by atoms with Crippen LogP contribution in [0.15, 0.2) is 51.7 Å². The van der Waals surface area contributed by atoms with Gasteiger partial charge in [0.2, 0.25) is 0 Å². The Labute approximate surface area is 164 Å². The molecule has 3 aromatic rings. The minimum Gasteiger partial charge on any atom is -0.507 e. The van der Waals surface area contributed by atoms with Gasteiger partial charge in [0.05, 0.1) is 31.3 Å². The summed E-state index contributed by atoms with van der Waals surface area (Å²) < 4.78 is 10.9. The van der Waals surface area contributed by atoms with Gasteiger partial charge >= 0.3 is 5.63 Å². The van der Waals surface area contributed by atoms with Gasteiger partial charge in [-0.05, 0) is 54.7 Å². The van der Waals surface area contributed by atoms with Crippen LogP contribution in [0.3, 0.4) is 0 Å². The summed E-state index contributed by atoms with van der Waals surface area (Å²) in [4.78, 5) is 14.1. The molecule has 5 heteroatoms. The lowest BCUT2D eigenvalue weighted by Crippen LogP contribution is -3.11. The summed E-state index contributed by atoms with van der Waals surface area (Å²) in [5, 5.41) is 11.3. The number of hydrogen-bond acceptors (Lipinski definition) is 4. The van der Waals surface area contributed by atoms with E-state index in [9.17, 15) is 9.90 Å². The molecule has 1 aliphatic heterocycles. The average Bonchev–Trinajstić information content (AvgIpc) is 2.71. The van der Waals surface area contributed by atoms with Gasteiger partial charge in [0.25, 0.3) is 0 Å². The lowest BCUT2D eigenvalue weighted by Gasteiger charge is -2.27. The van der Waals surface area contributed by atoms with Gasteiger partial charge in [0.1, 0.15) is 18.0 Å². The highest BCUT2D eigenvalue weighted by atomic mass is 16.5. The number of phenols is 1. The first-order valence-corrected chi connectivity index (χ1v) is 9.82. The molecule has 0 spiro atoms. The fraction of sp³-hybridized carbons (Fsp3) is 0.348. The highest BCUT2D eigenvalue weighted by Crippen LogP contribution is 2.29. The third-order valence-corrected chi connectivity index (χ3v) is 5.79. The van der Waals surface area contributed by atoms with E-state index in [1.165, 1.54) is 17.7 Å². The number of quaternary nitrogens is 1. The van der Waals surface area contributed by atoms with E-state index < -0.39 is 5.63 Å². The lowest BCUT2D eigenvalue weighted by molar-refractivity contribution is -0.919. The van der Waals surface area contributed by atoms with Gasteiger partial charge in [-0.25, -0.2) is 4.79 Å². The Kier molecular flexibility index (Phi) is 5.09. The highest BCUT2D eigenvalue weighted by Gasteiger charge is 2.23. The summed E-state index contributed by atoms with van der Waals surface area (Å²) in [7, 11) is 1.61. The van der Waals surface area contributed by atoms with E-state index in [4.69, 9.17) is 9.15 Å². The maximum absolute atomic E-state index is 12.7. The molecule has 0 radical (unpaired) electrons. The van der Waals surface area contributed by atoms with E-state index in [-0.39, 0.29) is 5.75 Å². The number of hydrogen-bond donors (Lipinski definition) is 2. The molecular weight excluding hydrogens is 354 g/mol. The second-order valence-corrected chi connectivity index (χ2v) is 7.77. The van der Waals surface area contributed by atoms with Crippen LogP contribution in [0, 0.1) is 5.92 Å². The molecule has 0 saturated carbocycles. The van der Waals surface area contributed by atoms with Gasteiger partial charge in [-0.15, -0.1) is 0 Å². The first-order valence-electron chi connectivity index (χ1n) is 9.82. The zero-order chi connectivity index (χ0) is 19.7. The Balaban J connectivity index is 1.72. The molecule has 0 atom stereocenters. The van der Waals surface area contributed by atoms with Crippen LogP contribution in [0.25, 0.3) is 22.1 Å². The Bertz CT molecular complexity index is 1030. The molecule has 2 heterocycles. The molecule has 1 aromatic heterocycles. The lowest BCUT2D eigenvalue weighted by atomic mass is 9.98. The van der Waals surface area contributed by atoms with Crippen LogP contribution in [0.5, 0.6) is 11.5 Å². The van der Waals surface area contributed by atoms with Gasteiger partial charge in [-0.3, -0.25) is 0 Å². The van der Waals surface area contributed by atoms with Crippen LogP contribution >= 0.6 is 0 Å². The molecular formula is C23H26NO4+. The molecule has 0 aliphatic carbocycles. The Morgan fingerprint density at radius 3 is 2.54 bits per heavy atom. The van der Waals surface area contributed by atoms with Crippen LogP contribution in [0.4, 0.5) is 0 Å². The van der Waals surface area contributed by atoms with Crippen molar-refractivity contribution in [3.63, 3.8) is 0 Å². The van der Waals surface area contributed by atoms with Crippen LogP contribution in [0.1, 0.15) is 25.3 Å². The monoisotopic (exact) mass is 380 g/mol. The van der Waals surface area contributed by atoms with Crippen molar-refractivity contribution in [1.29, 1.82) is 0 Å². The predicted octanol–water partition coefficient (Wildman–Crippen LogP) is 2.99. The second kappa shape index (κ2) is 7.68. The maximum atomic E-state index is 12.7. The molecule has 146 valence electrons. The van der Waals surface area contributed by atoms with Crippen molar-refractivity contribution in [3.05, 3.63) is 58.4 Å². The molecule has 0 amide bonds. The number of phenolic OH excluding ortho intramolecular Hbond substituents is 1. The number of likely N-dealkylation sites (tertiary alicyclic amines) is 1. The van der Waals surface area contributed by atoms with E-state index in [1.807, 2.05) is 30.3 Å². The molecule has 0 unspecified atom stereocenters. The summed E-state index contributed by atoms with van der Waals surface area (Å²) in [6, 6.07) is 12.7. The highest BCUT2D eigenvalue weighted by molar-refractivity contribution is 5.85. The first kappa shape index (κ1) is 18.6. The van der Waals surface area contributed by atoms with Gasteiger partial charge in [0, 0.05) is 5.39 Å². The second-order valence-electron chi connectivity index (χ2n) is 7.77. The Morgan fingerprint density at radius 2 is 1.86 bits per heavy atom. The number of nitrogens with one attached hydrogen (secondary N) is 1. The van der Waals surface area contributed by atoms with Gasteiger partial charge < -0.3 is 19.2 Å². The van der Waals surface area contributed by atoms with Crippen molar-refractivity contribution < 1.29 is 19.2 Å². The Hall–Kier alpha value is -2.79. The smallest absolute Gasteiger partial charge is 0.344 e. The molecule has 1 fully saturated rings. The molecule has 2 aromatic carbocycles. The minimum atomic E-state index is -0.396. The van der Waals surface area contributed by atoms with E-state index >= 15 is 0 Å². The SMILES string of the molecule is COc1ccc(-c2cc3ccc(O)c(C[NH+]4CCC(C)CC4)c3oc2=O)cc1. The van der Waals surface area contributed by atoms with Crippen LogP contribution < -0.4 is 15.3 Å². The quantitative estimate of drug-likeness (QED) is 0.683. The third kappa shape index (κ3) is 3.62. The first-order chi connectivity index (χ1) is 13.5. The van der Waals surface area contributed by atoms with E-state index in [2.05, 4.69) is 6.92 Å². The van der Waals surface area contributed by atoms with Gasteiger partial charge in [-0.1, -0.05) is 19.1 Å². The number of piperidine rings is 1. The predicted molar refractivity (Wildman–Crippen MR) is 109 cm³/mol. The largest absolute Gasteiger partial charge is 0.507 e. The Morgan fingerprint density at radius 1 is 1.14 bits per heavy atom. The maximum Gasteiger partial charge on any atom is 0.344 e. The molecule has 4 rings (SSSR count). The molecule has 5 nitrogen and oxygen atoms in total. The van der Waals surface area contributed by atoms with E-state index in [0.29, 0.717) is 17.7 Å². The van der Waals surface area contributed by atoms with Crippen molar-refractivity contribution in [1.82, 2.24) is 0 Å². The van der Waals surface area contributed by atoms with Crippen molar-refractivity contribution in [2.45, 2.75) is 26.3 Å². The molecule has 1 aliphatic rings. The summed E-state index contributed by atoms with van der Waals surface area (Å²) in [6.45, 7) is 5.10. The molecule has 0 bridgehead atoms. The topological polar surface area (TPSA) is 64.1 Å². The van der Waals surface area contributed by atoms with Gasteiger partial charge in [-0.2, -0.15) is 0 Å². The number of fused-ring (bicyclic) bond motifs is 1. The van der Waals surface area contributed by atoms with E-state index in [1.54, 1.807) is 19.2 Å². The number of ether oxygens (including phenoxy) is 1. The van der Waals surface area contributed by atoms with Crippen LogP contribution in [-0.2, 0) is 6.54 Å². The average molecular weight is 380 g/mol. The number of aromatic hydroxyl groups is 1. The fourth-order valence-corrected chi connectivity index (χ4v) is 3.97. The standard InChI is InChI=1S/C23H25NO4/c1-15-9-11-24(12-10-15)14-20-21(25)8-5-17-13-19(23(26)28-22(17)20)16-3-6-18(27-2)7-4-16/h3-8,13,15,25H,9-12,14H2,1-2H3/p+1. The molecule has 28 heavy (non-hydrogen) atoms. The molecule has 2 N–H and O–H groups in total. The van der Waals surface area contributed by atoms with Crippen LogP contribution in [-0.4, -0.2) is 25.3 Å². The zero-order valence-corrected chi connectivity index (χ0v) is 16.3. The van der Waals surface area contributed by atoms with Crippen molar-refractivity contribution in [3.8, 4) is 22.6 Å². The van der Waals surface area contributed by atoms with E-state index in [0.717, 1.165) is 41.3 Å². The fourth-order valence-electron chi connectivity index (χ4n) is 3.97. The number of benzene rings is 2. The minimum absolute atomic E-state index is 0.193. The third-order valence-electron chi connectivity index (χ3n) is 5.79. The normalized spacial score (nSPS) is 19.6. The van der Waals surface area contributed by atoms with Gasteiger partial charge in [0.15, 0.2) is 5.58 Å². The van der Waals surface area contributed by atoms with Crippen molar-refractivity contribution >= 4 is 11.0 Å². The zero-order valence-electron chi connectivity index (χ0n) is 16.3. The summed E-state index contributed by atoms with van der Waals surface area (Å²) in [6.07, 6.45) is 2.37. The van der Waals surface area contributed by atoms with Crippen LogP contribution in [0.2, 0.25) is 0 Å². The molecule has 1 saturated heterocycles. The number of rotatable bonds is 4. The van der Waals surface area contributed by atoms with Crippen molar-refractivity contribution in [2.24, 2.45) is 5.92 Å².